The molecule has 0 N–H and O–H groups in total. The van der Waals surface area contributed by atoms with Gasteiger partial charge >= 0.3 is 0 Å². The monoisotopic (exact) mass is 380 g/mol. The van der Waals surface area contributed by atoms with Crippen molar-refractivity contribution in [3.8, 4) is 11.4 Å². The Morgan fingerprint density at radius 1 is 0.958 bits per heavy atom. The number of unbranched alkanes of at least 4 members (excludes halogenated alkanes) is 1. The molecule has 0 fully saturated rings. The summed E-state index contributed by atoms with van der Waals surface area (Å²) in [6.07, 6.45) is 2.21. The van der Waals surface area contributed by atoms with Crippen LogP contribution in [0.4, 0.5) is 0 Å². The molecular formula is C19H17BrN4. The average molecular weight is 381 g/mol. The maximum atomic E-state index is 4.83. The third-order valence-corrected chi connectivity index (χ3v) is 4.57. The van der Waals surface area contributed by atoms with Gasteiger partial charge in [-0.15, -0.1) is 0 Å². The Kier molecular flexibility index (Phi) is 4.02. The third-order valence-electron chi connectivity index (χ3n) is 4.08. The molecule has 0 unspecified atom stereocenters. The summed E-state index contributed by atoms with van der Waals surface area (Å²) in [6.45, 7) is 3.08. The first-order valence-corrected chi connectivity index (χ1v) is 8.94. The van der Waals surface area contributed by atoms with Gasteiger partial charge in [0.2, 0.25) is 0 Å². The van der Waals surface area contributed by atoms with Gasteiger partial charge < -0.3 is 4.57 Å². The van der Waals surface area contributed by atoms with E-state index in [2.05, 4.69) is 39.6 Å². The molecule has 120 valence electrons. The molecule has 0 aliphatic carbocycles. The van der Waals surface area contributed by atoms with Crippen molar-refractivity contribution in [2.24, 2.45) is 0 Å². The Balaban J connectivity index is 1.98. The minimum absolute atomic E-state index is 0.708. The molecule has 0 spiro atoms. The maximum Gasteiger partial charge on any atom is 0.198 e. The van der Waals surface area contributed by atoms with Crippen LogP contribution in [0.25, 0.3) is 33.7 Å². The van der Waals surface area contributed by atoms with Gasteiger partial charge in [0.1, 0.15) is 5.82 Å². The van der Waals surface area contributed by atoms with Crippen LogP contribution < -0.4 is 0 Å². The molecule has 0 amide bonds. The Hall–Kier alpha value is -2.27. The Bertz CT molecular complexity index is 1020. The molecule has 0 atom stereocenters. The van der Waals surface area contributed by atoms with Gasteiger partial charge in [-0.05, 0) is 30.7 Å². The van der Waals surface area contributed by atoms with E-state index in [-0.39, 0.29) is 0 Å². The molecule has 0 aliphatic heterocycles. The second-order valence-corrected chi connectivity index (χ2v) is 6.73. The van der Waals surface area contributed by atoms with Crippen LogP contribution in [-0.4, -0.2) is 19.5 Å². The van der Waals surface area contributed by atoms with Gasteiger partial charge in [-0.25, -0.2) is 15.0 Å². The number of benzene rings is 2. The van der Waals surface area contributed by atoms with Crippen LogP contribution in [0.15, 0.2) is 53.0 Å². The molecule has 2 heterocycles. The molecule has 2 aromatic carbocycles. The first kappa shape index (κ1) is 15.3. The average Bonchev–Trinajstić information content (AvgIpc) is 2.95. The number of imidazole rings is 1. The van der Waals surface area contributed by atoms with E-state index in [9.17, 15) is 0 Å². The molecule has 4 aromatic rings. The van der Waals surface area contributed by atoms with Gasteiger partial charge in [0, 0.05) is 16.6 Å². The number of para-hydroxylation sites is 2. The SMILES string of the molecule is CCCCn1c(-c2cccc(Br)c2)nc2nc3ccccc3nc21. The second-order valence-electron chi connectivity index (χ2n) is 5.81. The lowest BCUT2D eigenvalue weighted by atomic mass is 10.2. The topological polar surface area (TPSA) is 43.6 Å². The van der Waals surface area contributed by atoms with Crippen LogP contribution in [0, 0.1) is 0 Å². The largest absolute Gasteiger partial charge is 0.307 e. The van der Waals surface area contributed by atoms with E-state index in [0.29, 0.717) is 5.65 Å². The summed E-state index contributed by atoms with van der Waals surface area (Å²) in [6, 6.07) is 16.2. The zero-order valence-electron chi connectivity index (χ0n) is 13.4. The number of hydrogen-bond donors (Lipinski definition) is 0. The van der Waals surface area contributed by atoms with E-state index >= 15 is 0 Å². The highest BCUT2D eigenvalue weighted by molar-refractivity contribution is 9.10. The van der Waals surface area contributed by atoms with Crippen LogP contribution in [0.3, 0.4) is 0 Å². The van der Waals surface area contributed by atoms with Crippen molar-refractivity contribution in [3.05, 3.63) is 53.0 Å². The van der Waals surface area contributed by atoms with E-state index < -0.39 is 0 Å². The van der Waals surface area contributed by atoms with Crippen molar-refractivity contribution in [3.63, 3.8) is 0 Å². The van der Waals surface area contributed by atoms with Crippen LogP contribution in [0.2, 0.25) is 0 Å². The molecule has 0 saturated carbocycles. The first-order chi connectivity index (χ1) is 11.8. The van der Waals surface area contributed by atoms with E-state index in [0.717, 1.165) is 51.9 Å². The van der Waals surface area contributed by atoms with Crippen LogP contribution in [-0.2, 0) is 6.54 Å². The van der Waals surface area contributed by atoms with Gasteiger partial charge in [-0.1, -0.05) is 53.5 Å². The van der Waals surface area contributed by atoms with Gasteiger partial charge in [-0.2, -0.15) is 0 Å². The Morgan fingerprint density at radius 3 is 2.50 bits per heavy atom. The fourth-order valence-electron chi connectivity index (χ4n) is 2.87. The van der Waals surface area contributed by atoms with Gasteiger partial charge in [0.15, 0.2) is 11.3 Å². The van der Waals surface area contributed by atoms with Crippen molar-refractivity contribution in [1.82, 2.24) is 19.5 Å². The van der Waals surface area contributed by atoms with Crippen molar-refractivity contribution in [1.29, 1.82) is 0 Å². The van der Waals surface area contributed by atoms with Crippen LogP contribution in [0.5, 0.6) is 0 Å². The maximum absolute atomic E-state index is 4.83. The summed E-state index contributed by atoms with van der Waals surface area (Å²) in [5, 5.41) is 0. The molecule has 24 heavy (non-hydrogen) atoms. The van der Waals surface area contributed by atoms with Crippen molar-refractivity contribution in [2.75, 3.05) is 0 Å². The predicted octanol–water partition coefficient (Wildman–Crippen LogP) is 5.21. The Morgan fingerprint density at radius 2 is 1.75 bits per heavy atom. The summed E-state index contributed by atoms with van der Waals surface area (Å²) < 4.78 is 3.24. The lowest BCUT2D eigenvalue weighted by Gasteiger charge is -2.08. The van der Waals surface area contributed by atoms with E-state index in [1.165, 1.54) is 0 Å². The molecule has 5 heteroatoms. The number of fused-ring (bicyclic) bond motifs is 2. The number of nitrogens with zero attached hydrogens (tertiary/aromatic N) is 4. The first-order valence-electron chi connectivity index (χ1n) is 8.15. The quantitative estimate of drug-likeness (QED) is 0.488. The third kappa shape index (κ3) is 2.69. The molecule has 4 nitrogen and oxygen atoms in total. The van der Waals surface area contributed by atoms with E-state index in [1.54, 1.807) is 0 Å². The van der Waals surface area contributed by atoms with Gasteiger partial charge in [0.25, 0.3) is 0 Å². The van der Waals surface area contributed by atoms with Crippen molar-refractivity contribution < 1.29 is 0 Å². The highest BCUT2D eigenvalue weighted by atomic mass is 79.9. The van der Waals surface area contributed by atoms with Crippen LogP contribution >= 0.6 is 15.9 Å². The number of aromatic nitrogens is 4. The number of rotatable bonds is 4. The highest BCUT2D eigenvalue weighted by Crippen LogP contribution is 2.27. The fourth-order valence-corrected chi connectivity index (χ4v) is 3.27. The molecule has 0 aliphatic rings. The fraction of sp³-hybridized carbons (Fsp3) is 0.211. The minimum atomic E-state index is 0.708. The molecule has 0 saturated heterocycles. The lowest BCUT2D eigenvalue weighted by molar-refractivity contribution is 0.647. The van der Waals surface area contributed by atoms with Crippen molar-refractivity contribution in [2.45, 2.75) is 26.3 Å². The molecule has 2 aromatic heterocycles. The lowest BCUT2D eigenvalue weighted by Crippen LogP contribution is -2.02. The predicted molar refractivity (Wildman–Crippen MR) is 101 cm³/mol. The molecular weight excluding hydrogens is 364 g/mol. The molecule has 0 bridgehead atoms. The zero-order valence-corrected chi connectivity index (χ0v) is 15.0. The van der Waals surface area contributed by atoms with Crippen molar-refractivity contribution >= 4 is 38.3 Å². The summed E-state index contributed by atoms with van der Waals surface area (Å²) in [5.41, 5.74) is 4.43. The standard InChI is InChI=1S/C19H17BrN4/c1-2-3-11-24-18(13-7-6-8-14(20)12-13)23-17-19(24)22-16-10-5-4-9-15(16)21-17/h4-10,12H,2-3,11H2,1H3. The normalized spacial score (nSPS) is 11.4. The summed E-state index contributed by atoms with van der Waals surface area (Å²) >= 11 is 3.55. The number of halogens is 1. The number of aryl methyl sites for hydroxylation is 1. The van der Waals surface area contributed by atoms with Gasteiger partial charge in [0.05, 0.1) is 11.0 Å². The zero-order chi connectivity index (χ0) is 16.5. The summed E-state index contributed by atoms with van der Waals surface area (Å²) in [4.78, 5) is 14.3. The minimum Gasteiger partial charge on any atom is -0.307 e. The molecule has 0 radical (unpaired) electrons. The molecule has 4 rings (SSSR count). The van der Waals surface area contributed by atoms with Crippen LogP contribution in [0.1, 0.15) is 19.8 Å². The van der Waals surface area contributed by atoms with Gasteiger partial charge in [-0.3, -0.25) is 0 Å². The summed E-state index contributed by atoms with van der Waals surface area (Å²) in [7, 11) is 0. The summed E-state index contributed by atoms with van der Waals surface area (Å²) in [5.74, 6) is 0.926. The smallest absolute Gasteiger partial charge is 0.198 e. The second kappa shape index (κ2) is 6.32. The Labute approximate surface area is 148 Å². The highest BCUT2D eigenvalue weighted by Gasteiger charge is 2.15. The van der Waals surface area contributed by atoms with E-state index in [4.69, 9.17) is 15.0 Å². The number of hydrogen-bond acceptors (Lipinski definition) is 3. The van der Waals surface area contributed by atoms with E-state index in [1.807, 2.05) is 36.4 Å².